The second-order valence-electron chi connectivity index (χ2n) is 4.43. The molecule has 106 valence electrons. The summed E-state index contributed by atoms with van der Waals surface area (Å²) in [6, 6.07) is 12.3. The Balaban J connectivity index is 1.93. The molecule has 0 aliphatic rings. The average molecular weight is 281 g/mol. The lowest BCUT2D eigenvalue weighted by Crippen LogP contribution is -2.05. The highest BCUT2D eigenvalue weighted by molar-refractivity contribution is 5.39. The lowest BCUT2D eigenvalue weighted by atomic mass is 10.1. The van der Waals surface area contributed by atoms with Crippen molar-refractivity contribution in [2.45, 2.75) is 19.4 Å². The molecule has 5 heteroatoms. The Labute approximate surface area is 115 Å². The normalized spacial score (nSPS) is 11.6. The third kappa shape index (κ3) is 3.99. The third-order valence-electron chi connectivity index (χ3n) is 2.77. The van der Waals surface area contributed by atoms with Crippen LogP contribution in [0.3, 0.4) is 0 Å². The fourth-order valence-electron chi connectivity index (χ4n) is 1.74. The summed E-state index contributed by atoms with van der Waals surface area (Å²) in [5.41, 5.74) is 6.97. The van der Waals surface area contributed by atoms with Gasteiger partial charge in [-0.3, -0.25) is 0 Å². The highest BCUT2D eigenvalue weighted by Crippen LogP contribution is 2.29. The van der Waals surface area contributed by atoms with Crippen molar-refractivity contribution < 1.29 is 17.9 Å². The molecule has 0 amide bonds. The van der Waals surface area contributed by atoms with Gasteiger partial charge in [-0.15, -0.1) is 0 Å². The fourth-order valence-corrected chi connectivity index (χ4v) is 1.74. The van der Waals surface area contributed by atoms with Crippen molar-refractivity contribution in [1.82, 2.24) is 0 Å². The number of ether oxygens (including phenoxy) is 1. The molecule has 0 saturated heterocycles. The number of nitrogens with two attached hydrogens (primary N) is 1. The van der Waals surface area contributed by atoms with Gasteiger partial charge in [0.2, 0.25) is 0 Å². The van der Waals surface area contributed by atoms with Crippen molar-refractivity contribution in [1.29, 1.82) is 0 Å². The molecule has 20 heavy (non-hydrogen) atoms. The maximum Gasteiger partial charge on any atom is 0.416 e. The molecule has 2 nitrogen and oxygen atoms in total. The highest BCUT2D eigenvalue weighted by atomic mass is 19.4. The number of alkyl halides is 3. The van der Waals surface area contributed by atoms with E-state index in [9.17, 15) is 13.2 Å². The minimum absolute atomic E-state index is 0.133. The van der Waals surface area contributed by atoms with Crippen molar-refractivity contribution in [3.63, 3.8) is 0 Å². The maximum absolute atomic E-state index is 12.5. The topological polar surface area (TPSA) is 35.2 Å². The molecule has 0 unspecified atom stereocenters. The Bertz CT molecular complexity index is 564. The number of nitrogen functional groups attached to an aromatic ring is 1. The van der Waals surface area contributed by atoms with Crippen LogP contribution < -0.4 is 5.73 Å². The van der Waals surface area contributed by atoms with E-state index in [1.807, 2.05) is 12.1 Å². The molecule has 2 rings (SSSR count). The van der Waals surface area contributed by atoms with Gasteiger partial charge < -0.3 is 10.5 Å². The zero-order valence-corrected chi connectivity index (χ0v) is 10.7. The molecule has 0 aromatic heterocycles. The van der Waals surface area contributed by atoms with Crippen molar-refractivity contribution in [2.24, 2.45) is 0 Å². The van der Waals surface area contributed by atoms with Crippen molar-refractivity contribution in [3.8, 4) is 0 Å². The number of rotatable bonds is 4. The molecule has 2 aromatic carbocycles. The molecule has 0 radical (unpaired) electrons. The Kier molecular flexibility index (Phi) is 4.29. The summed E-state index contributed by atoms with van der Waals surface area (Å²) in [4.78, 5) is 0. The highest BCUT2D eigenvalue weighted by Gasteiger charge is 2.30. The van der Waals surface area contributed by atoms with Gasteiger partial charge in [-0.2, -0.15) is 13.2 Å². The number of hydrogen-bond donors (Lipinski definition) is 1. The van der Waals surface area contributed by atoms with Gasteiger partial charge in [-0.25, -0.2) is 0 Å². The zero-order chi connectivity index (χ0) is 14.6. The molecule has 0 atom stereocenters. The summed E-state index contributed by atoms with van der Waals surface area (Å²) in [6.45, 7) is 0.463. The molecule has 0 spiro atoms. The Morgan fingerprint density at radius 3 is 2.20 bits per heavy atom. The number of halogens is 3. The van der Waals surface area contributed by atoms with Crippen LogP contribution >= 0.6 is 0 Å². The molecule has 0 heterocycles. The van der Waals surface area contributed by atoms with Gasteiger partial charge in [0.1, 0.15) is 0 Å². The van der Waals surface area contributed by atoms with Gasteiger partial charge >= 0.3 is 6.18 Å². The van der Waals surface area contributed by atoms with Gasteiger partial charge in [0.25, 0.3) is 0 Å². The van der Waals surface area contributed by atoms with Crippen LogP contribution in [0.2, 0.25) is 0 Å². The SMILES string of the molecule is Nc1ccc(COCc2cccc(C(F)(F)F)c2)cc1. The monoisotopic (exact) mass is 281 g/mol. The summed E-state index contributed by atoms with van der Waals surface area (Å²) < 4.78 is 43.0. The predicted molar refractivity (Wildman–Crippen MR) is 70.8 cm³/mol. The Morgan fingerprint density at radius 2 is 1.55 bits per heavy atom. The number of benzene rings is 2. The van der Waals surface area contributed by atoms with Crippen LogP contribution in [0.15, 0.2) is 48.5 Å². The molecule has 2 N–H and O–H groups in total. The summed E-state index contributed by atoms with van der Waals surface area (Å²) in [7, 11) is 0. The van der Waals surface area contributed by atoms with Crippen LogP contribution in [-0.4, -0.2) is 0 Å². The van der Waals surface area contributed by atoms with E-state index in [-0.39, 0.29) is 6.61 Å². The quantitative estimate of drug-likeness (QED) is 0.859. The lowest BCUT2D eigenvalue weighted by molar-refractivity contribution is -0.137. The standard InChI is InChI=1S/C15H14F3NO/c16-15(17,18)13-3-1-2-12(8-13)10-20-9-11-4-6-14(19)7-5-11/h1-8H,9-10,19H2. The minimum atomic E-state index is -4.33. The Morgan fingerprint density at radius 1 is 0.900 bits per heavy atom. The molecule has 0 fully saturated rings. The van der Waals surface area contributed by atoms with Gasteiger partial charge in [0.15, 0.2) is 0 Å². The van der Waals surface area contributed by atoms with Gasteiger partial charge in [0, 0.05) is 5.69 Å². The first-order chi connectivity index (χ1) is 9.45. The lowest BCUT2D eigenvalue weighted by Gasteiger charge is -2.09. The van der Waals surface area contributed by atoms with E-state index in [2.05, 4.69) is 0 Å². The second-order valence-corrected chi connectivity index (χ2v) is 4.43. The summed E-state index contributed by atoms with van der Waals surface area (Å²) >= 11 is 0. The molecule has 0 aliphatic heterocycles. The van der Waals surface area contributed by atoms with E-state index in [4.69, 9.17) is 10.5 Å². The maximum atomic E-state index is 12.5. The van der Waals surface area contributed by atoms with Crippen molar-refractivity contribution >= 4 is 5.69 Å². The van der Waals surface area contributed by atoms with Crippen LogP contribution in [0, 0.1) is 0 Å². The molecular weight excluding hydrogens is 267 g/mol. The summed E-state index contributed by atoms with van der Waals surface area (Å²) in [6.07, 6.45) is -4.33. The third-order valence-corrected chi connectivity index (χ3v) is 2.77. The van der Waals surface area contributed by atoms with E-state index in [0.29, 0.717) is 17.9 Å². The molecule has 0 bridgehead atoms. The van der Waals surface area contributed by atoms with E-state index in [1.165, 1.54) is 6.07 Å². The second kappa shape index (κ2) is 5.96. The fraction of sp³-hybridized carbons (Fsp3) is 0.200. The average Bonchev–Trinajstić information content (AvgIpc) is 2.40. The van der Waals surface area contributed by atoms with Crippen molar-refractivity contribution in [2.75, 3.05) is 5.73 Å². The first-order valence-corrected chi connectivity index (χ1v) is 6.03. The molecule has 2 aromatic rings. The zero-order valence-electron chi connectivity index (χ0n) is 10.7. The van der Waals surface area contributed by atoms with E-state index in [0.717, 1.165) is 17.7 Å². The van der Waals surface area contributed by atoms with Crippen LogP contribution in [0.4, 0.5) is 18.9 Å². The van der Waals surface area contributed by atoms with Gasteiger partial charge in [-0.1, -0.05) is 24.3 Å². The largest absolute Gasteiger partial charge is 0.416 e. The van der Waals surface area contributed by atoms with E-state index >= 15 is 0 Å². The predicted octanol–water partition coefficient (Wildman–Crippen LogP) is 4.00. The van der Waals surface area contributed by atoms with Gasteiger partial charge in [0.05, 0.1) is 18.8 Å². The van der Waals surface area contributed by atoms with Crippen LogP contribution in [0.25, 0.3) is 0 Å². The summed E-state index contributed by atoms with van der Waals surface area (Å²) in [5.74, 6) is 0. The minimum Gasteiger partial charge on any atom is -0.399 e. The van der Waals surface area contributed by atoms with Crippen LogP contribution in [-0.2, 0) is 24.1 Å². The first kappa shape index (κ1) is 14.4. The van der Waals surface area contributed by atoms with Crippen LogP contribution in [0.1, 0.15) is 16.7 Å². The van der Waals surface area contributed by atoms with E-state index in [1.54, 1.807) is 18.2 Å². The Hall–Kier alpha value is -2.01. The summed E-state index contributed by atoms with van der Waals surface area (Å²) in [5, 5.41) is 0. The molecule has 0 saturated carbocycles. The van der Waals surface area contributed by atoms with Crippen LogP contribution in [0.5, 0.6) is 0 Å². The number of anilines is 1. The molecule has 0 aliphatic carbocycles. The van der Waals surface area contributed by atoms with Gasteiger partial charge in [-0.05, 0) is 35.4 Å². The smallest absolute Gasteiger partial charge is 0.399 e. The number of hydrogen-bond acceptors (Lipinski definition) is 2. The van der Waals surface area contributed by atoms with E-state index < -0.39 is 11.7 Å². The molecular formula is C15H14F3NO. The van der Waals surface area contributed by atoms with Crippen molar-refractivity contribution in [3.05, 3.63) is 65.2 Å². The first-order valence-electron chi connectivity index (χ1n) is 6.03.